The van der Waals surface area contributed by atoms with Crippen LogP contribution in [0.2, 0.25) is 0 Å². The first-order valence-electron chi connectivity index (χ1n) is 7.28. The first kappa shape index (κ1) is 14.7. The fraction of sp³-hybridized carbons (Fsp3) is 0.125. The Morgan fingerprint density at radius 2 is 1.96 bits per heavy atom. The van der Waals surface area contributed by atoms with E-state index in [4.69, 9.17) is 4.42 Å². The van der Waals surface area contributed by atoms with Gasteiger partial charge in [-0.25, -0.2) is 13.4 Å². The van der Waals surface area contributed by atoms with Gasteiger partial charge in [0.15, 0.2) is 12.0 Å². The summed E-state index contributed by atoms with van der Waals surface area (Å²) in [5, 5.41) is 2.78. The summed E-state index contributed by atoms with van der Waals surface area (Å²) in [6, 6.07) is 11.7. The number of oxazole rings is 1. The molecule has 0 unspecified atom stereocenters. The summed E-state index contributed by atoms with van der Waals surface area (Å²) in [7, 11) is -3.16. The van der Waals surface area contributed by atoms with E-state index in [1.807, 2.05) is 0 Å². The predicted octanol–water partition coefficient (Wildman–Crippen LogP) is 2.23. The SMILES string of the molecule is O=C(Nc1ccc2ocnc2c1)c1ccc(N2CCS2(=O)=O)cc1. The van der Waals surface area contributed by atoms with Crippen molar-refractivity contribution in [3.8, 4) is 0 Å². The standard InChI is InChI=1S/C16H13N3O4S/c20-16(18-12-3-6-15-14(9-12)17-10-23-15)11-1-4-13(5-2-11)19-7-8-24(19,21)22/h1-6,9-10H,7-8H2,(H,18,20). The minimum Gasteiger partial charge on any atom is -0.443 e. The average molecular weight is 343 g/mol. The van der Waals surface area contributed by atoms with Gasteiger partial charge in [-0.2, -0.15) is 0 Å². The summed E-state index contributed by atoms with van der Waals surface area (Å²) < 4.78 is 29.7. The molecule has 0 spiro atoms. The number of nitrogens with zero attached hydrogens (tertiary/aromatic N) is 2. The van der Waals surface area contributed by atoms with Gasteiger partial charge in [0, 0.05) is 17.8 Å². The normalized spacial score (nSPS) is 15.9. The van der Waals surface area contributed by atoms with Crippen LogP contribution in [-0.4, -0.2) is 31.6 Å². The van der Waals surface area contributed by atoms with E-state index in [1.165, 1.54) is 10.7 Å². The Morgan fingerprint density at radius 3 is 2.62 bits per heavy atom. The second kappa shape index (κ2) is 5.34. The van der Waals surface area contributed by atoms with Crippen molar-refractivity contribution in [2.75, 3.05) is 21.9 Å². The fourth-order valence-electron chi connectivity index (χ4n) is 2.54. The molecule has 4 rings (SSSR count). The maximum Gasteiger partial charge on any atom is 0.255 e. The minimum absolute atomic E-state index is 0.166. The van der Waals surface area contributed by atoms with E-state index in [9.17, 15) is 13.2 Å². The van der Waals surface area contributed by atoms with Gasteiger partial charge in [-0.3, -0.25) is 9.10 Å². The van der Waals surface area contributed by atoms with Gasteiger partial charge in [-0.05, 0) is 42.5 Å². The molecule has 24 heavy (non-hydrogen) atoms. The second-order valence-corrected chi connectivity index (χ2v) is 7.44. The topological polar surface area (TPSA) is 92.5 Å². The monoisotopic (exact) mass is 343 g/mol. The molecule has 2 aromatic carbocycles. The van der Waals surface area contributed by atoms with E-state index in [0.29, 0.717) is 34.6 Å². The molecule has 122 valence electrons. The maximum absolute atomic E-state index is 12.3. The third-order valence-corrected chi connectivity index (χ3v) is 5.66. The number of anilines is 2. The van der Waals surface area contributed by atoms with Crippen molar-refractivity contribution in [2.45, 2.75) is 0 Å². The highest BCUT2D eigenvalue weighted by molar-refractivity contribution is 7.94. The van der Waals surface area contributed by atoms with Gasteiger partial charge < -0.3 is 9.73 Å². The Labute approximate surface area is 138 Å². The Hall–Kier alpha value is -2.87. The zero-order valence-corrected chi connectivity index (χ0v) is 13.3. The highest BCUT2D eigenvalue weighted by atomic mass is 32.2. The predicted molar refractivity (Wildman–Crippen MR) is 89.5 cm³/mol. The van der Waals surface area contributed by atoms with Crippen LogP contribution in [0.5, 0.6) is 0 Å². The van der Waals surface area contributed by atoms with Crippen molar-refractivity contribution < 1.29 is 17.6 Å². The van der Waals surface area contributed by atoms with Crippen molar-refractivity contribution in [1.82, 2.24) is 4.98 Å². The van der Waals surface area contributed by atoms with Gasteiger partial charge in [0.25, 0.3) is 5.91 Å². The van der Waals surface area contributed by atoms with E-state index >= 15 is 0 Å². The summed E-state index contributed by atoms with van der Waals surface area (Å²) in [6.07, 6.45) is 1.35. The van der Waals surface area contributed by atoms with Crippen LogP contribution in [0.25, 0.3) is 11.1 Å². The summed E-state index contributed by atoms with van der Waals surface area (Å²) in [6.45, 7) is 0.478. The van der Waals surface area contributed by atoms with Crippen LogP contribution in [0.3, 0.4) is 0 Å². The van der Waals surface area contributed by atoms with Crippen LogP contribution >= 0.6 is 0 Å². The summed E-state index contributed by atoms with van der Waals surface area (Å²) in [5.41, 5.74) is 2.92. The third-order valence-electron chi connectivity index (χ3n) is 3.89. The third kappa shape index (κ3) is 2.50. The molecule has 1 aromatic heterocycles. The largest absolute Gasteiger partial charge is 0.443 e. The number of hydrogen-bond donors (Lipinski definition) is 1. The van der Waals surface area contributed by atoms with E-state index in [2.05, 4.69) is 10.3 Å². The van der Waals surface area contributed by atoms with Gasteiger partial charge in [-0.15, -0.1) is 0 Å². The van der Waals surface area contributed by atoms with Crippen molar-refractivity contribution in [1.29, 1.82) is 0 Å². The Bertz CT molecular complexity index is 1020. The van der Waals surface area contributed by atoms with E-state index in [1.54, 1.807) is 42.5 Å². The second-order valence-electron chi connectivity index (χ2n) is 5.42. The molecule has 0 aliphatic carbocycles. The van der Waals surface area contributed by atoms with Gasteiger partial charge in [0.1, 0.15) is 5.52 Å². The molecule has 7 nitrogen and oxygen atoms in total. The highest BCUT2D eigenvalue weighted by Crippen LogP contribution is 2.25. The number of hydrogen-bond acceptors (Lipinski definition) is 5. The number of sulfonamides is 1. The average Bonchev–Trinajstić information content (AvgIpc) is 3.02. The smallest absolute Gasteiger partial charge is 0.255 e. The molecule has 1 saturated heterocycles. The number of aromatic nitrogens is 1. The molecule has 1 aliphatic heterocycles. The molecule has 1 fully saturated rings. The molecule has 8 heteroatoms. The van der Waals surface area contributed by atoms with Gasteiger partial charge in [-0.1, -0.05) is 0 Å². The molecular formula is C16H13N3O4S. The van der Waals surface area contributed by atoms with Crippen molar-refractivity contribution in [3.63, 3.8) is 0 Å². The number of benzene rings is 2. The van der Waals surface area contributed by atoms with E-state index in [-0.39, 0.29) is 11.7 Å². The van der Waals surface area contributed by atoms with Crippen LogP contribution in [0.1, 0.15) is 10.4 Å². The lowest BCUT2D eigenvalue weighted by Gasteiger charge is -2.32. The lowest BCUT2D eigenvalue weighted by atomic mass is 10.2. The van der Waals surface area contributed by atoms with Crippen molar-refractivity contribution >= 4 is 38.4 Å². The van der Waals surface area contributed by atoms with Crippen molar-refractivity contribution in [3.05, 3.63) is 54.4 Å². The van der Waals surface area contributed by atoms with Gasteiger partial charge in [0.2, 0.25) is 10.0 Å². The number of rotatable bonds is 3. The summed E-state index contributed by atoms with van der Waals surface area (Å²) in [5.74, 6) is -0.115. The molecular weight excluding hydrogens is 330 g/mol. The highest BCUT2D eigenvalue weighted by Gasteiger charge is 2.32. The zero-order chi connectivity index (χ0) is 16.7. The first-order chi connectivity index (χ1) is 11.5. The summed E-state index contributed by atoms with van der Waals surface area (Å²) in [4.78, 5) is 16.3. The quantitative estimate of drug-likeness (QED) is 0.787. The molecule has 1 amide bonds. The number of carbonyl (C=O) groups excluding carboxylic acids is 1. The molecule has 1 N–H and O–H groups in total. The number of nitrogens with one attached hydrogen (secondary N) is 1. The number of amides is 1. The van der Waals surface area contributed by atoms with E-state index in [0.717, 1.165) is 0 Å². The van der Waals surface area contributed by atoms with Gasteiger partial charge in [0.05, 0.1) is 11.4 Å². The lowest BCUT2D eigenvalue weighted by molar-refractivity contribution is 0.102. The van der Waals surface area contributed by atoms with Crippen LogP contribution in [0.4, 0.5) is 11.4 Å². The Morgan fingerprint density at radius 1 is 1.17 bits per heavy atom. The van der Waals surface area contributed by atoms with Crippen LogP contribution in [-0.2, 0) is 10.0 Å². The molecule has 0 saturated carbocycles. The summed E-state index contributed by atoms with van der Waals surface area (Å²) >= 11 is 0. The molecule has 0 bridgehead atoms. The molecule has 2 heterocycles. The Kier molecular flexibility index (Phi) is 3.27. The first-order valence-corrected chi connectivity index (χ1v) is 8.89. The lowest BCUT2D eigenvalue weighted by Crippen LogP contribution is -2.47. The molecule has 0 atom stereocenters. The minimum atomic E-state index is -3.16. The van der Waals surface area contributed by atoms with E-state index < -0.39 is 10.0 Å². The fourth-order valence-corrected chi connectivity index (χ4v) is 3.65. The molecule has 1 aliphatic rings. The van der Waals surface area contributed by atoms with Gasteiger partial charge >= 0.3 is 0 Å². The number of carbonyl (C=O) groups is 1. The Balaban J connectivity index is 1.51. The van der Waals surface area contributed by atoms with Crippen molar-refractivity contribution in [2.24, 2.45) is 0 Å². The zero-order valence-electron chi connectivity index (χ0n) is 12.5. The van der Waals surface area contributed by atoms with Crippen LogP contribution in [0.15, 0.2) is 53.3 Å². The number of fused-ring (bicyclic) bond motifs is 1. The maximum atomic E-state index is 12.3. The molecule has 0 radical (unpaired) electrons. The molecule has 3 aromatic rings. The van der Waals surface area contributed by atoms with Crippen LogP contribution < -0.4 is 9.62 Å². The van der Waals surface area contributed by atoms with Crippen LogP contribution in [0, 0.1) is 0 Å².